The number of hydrogen-bond acceptors (Lipinski definition) is 5. The Bertz CT molecular complexity index is 1530. The molecule has 2 N–H and O–H groups in total. The largest absolute Gasteiger partial charge is 0.450 e. The third-order valence-electron chi connectivity index (χ3n) is 13.6. The van der Waals surface area contributed by atoms with Crippen LogP contribution in [0.15, 0.2) is 60.2 Å². The molecule has 2 aromatic carbocycles. The van der Waals surface area contributed by atoms with Gasteiger partial charge in [0.2, 0.25) is 0 Å². The fourth-order valence-corrected chi connectivity index (χ4v) is 11.5. The molecule has 0 saturated heterocycles. The van der Waals surface area contributed by atoms with Gasteiger partial charge in [0.15, 0.2) is 5.78 Å². The summed E-state index contributed by atoms with van der Waals surface area (Å²) < 4.78 is 5.72. The van der Waals surface area contributed by atoms with Crippen molar-refractivity contribution < 1.29 is 24.5 Å². The van der Waals surface area contributed by atoms with Gasteiger partial charge in [-0.25, -0.2) is 4.79 Å². The number of ketones is 1. The maximum absolute atomic E-state index is 14.3. The summed E-state index contributed by atoms with van der Waals surface area (Å²) in [4.78, 5) is 30.0. The highest BCUT2D eigenvalue weighted by Gasteiger charge is 2.59. The van der Waals surface area contributed by atoms with Gasteiger partial charge in [-0.2, -0.15) is 0 Å². The lowest BCUT2D eigenvalue weighted by molar-refractivity contribution is -0.103. The molecule has 0 spiro atoms. The zero-order valence-electron chi connectivity index (χ0n) is 30.0. The lowest BCUT2D eigenvalue weighted by Gasteiger charge is -2.58. The average molecular weight is 668 g/mol. The van der Waals surface area contributed by atoms with E-state index in [0.717, 1.165) is 54.6 Å². The van der Waals surface area contributed by atoms with E-state index in [9.17, 15) is 19.8 Å². The molecule has 5 saturated carbocycles. The number of ether oxygens (including phenoxy) is 1. The van der Waals surface area contributed by atoms with E-state index in [1.807, 2.05) is 48.2 Å². The second kappa shape index (κ2) is 13.6. The van der Waals surface area contributed by atoms with Gasteiger partial charge in [0.1, 0.15) is 0 Å². The molecule has 6 bridgehead atoms. The van der Waals surface area contributed by atoms with Crippen LogP contribution >= 0.6 is 0 Å². The lowest BCUT2D eigenvalue weighted by atomic mass is 9.49. The summed E-state index contributed by atoms with van der Waals surface area (Å²) in [7, 11) is 0. The number of rotatable bonds is 7. The van der Waals surface area contributed by atoms with Gasteiger partial charge in [0.05, 0.1) is 24.9 Å². The Hall–Kier alpha value is -2.96. The van der Waals surface area contributed by atoms with E-state index >= 15 is 0 Å². The molecule has 49 heavy (non-hydrogen) atoms. The zero-order chi connectivity index (χ0) is 34.4. The van der Waals surface area contributed by atoms with Gasteiger partial charge in [-0.3, -0.25) is 4.79 Å². The highest BCUT2D eigenvalue weighted by Crippen LogP contribution is 2.62. The third-order valence-corrected chi connectivity index (χ3v) is 13.6. The van der Waals surface area contributed by atoms with Gasteiger partial charge in [-0.1, -0.05) is 61.0 Å². The van der Waals surface area contributed by atoms with Crippen molar-refractivity contribution in [2.75, 3.05) is 19.7 Å². The van der Waals surface area contributed by atoms with Gasteiger partial charge < -0.3 is 19.8 Å². The number of carbonyl (C=O) groups excluding carboxylic acids is 2. The van der Waals surface area contributed by atoms with E-state index < -0.39 is 17.1 Å². The van der Waals surface area contributed by atoms with Crippen LogP contribution in [-0.4, -0.2) is 58.4 Å². The van der Waals surface area contributed by atoms with Gasteiger partial charge in [0, 0.05) is 23.1 Å². The summed E-state index contributed by atoms with van der Waals surface area (Å²) in [6.07, 6.45) is 13.8. The summed E-state index contributed by atoms with van der Waals surface area (Å²) in [6, 6.07) is 15.6. The lowest BCUT2D eigenvalue weighted by Crippen LogP contribution is -2.58. The summed E-state index contributed by atoms with van der Waals surface area (Å²) >= 11 is 0. The van der Waals surface area contributed by atoms with Crippen LogP contribution in [-0.2, 0) is 11.2 Å². The van der Waals surface area contributed by atoms with E-state index in [4.69, 9.17) is 4.74 Å². The summed E-state index contributed by atoms with van der Waals surface area (Å²) in [5.74, 6) is 2.20. The minimum Gasteiger partial charge on any atom is -0.450 e. The zero-order valence-corrected chi connectivity index (χ0v) is 30.0. The summed E-state index contributed by atoms with van der Waals surface area (Å²) in [5, 5.41) is 24.0. The molecule has 4 atom stereocenters. The van der Waals surface area contributed by atoms with Gasteiger partial charge in [-0.15, -0.1) is 0 Å². The molecular formula is C43H57NO5. The molecule has 7 aliphatic carbocycles. The molecule has 1 amide bonds. The maximum Gasteiger partial charge on any atom is 0.409 e. The normalized spacial score (nSPS) is 35.4. The first-order valence-corrected chi connectivity index (χ1v) is 19.2. The molecule has 5 fully saturated rings. The predicted octanol–water partition coefficient (Wildman–Crippen LogP) is 8.63. The molecule has 7 aliphatic rings. The number of amides is 1. The monoisotopic (exact) mass is 667 g/mol. The standard InChI is InChI=1S/C43H57NO5/c1-4-49-40(47)44(27-42-24-31-19-32(25-42)21-33(20-31)26-42)28-43(48)18-16-38-36-15-13-30(23-37(36)39(46)34-10-6-5-7-11-34)22-35(45)14-12-29(2)9-8-17-41(38,43)3/h5-7,9-11,13,15,23,31-33,35,38,45,48H,4,8,12,14,16-22,24-28H2,1-3H3/t31?,32?,33?,35-,38-,41-,42?,43+/m0/s1. The van der Waals surface area contributed by atoms with Crippen molar-refractivity contribution in [3.63, 3.8) is 0 Å². The molecule has 2 aromatic rings. The first-order chi connectivity index (χ1) is 23.5. The number of aliphatic hydroxyl groups is 2. The molecule has 9 rings (SSSR count). The molecule has 0 unspecified atom stereocenters. The first kappa shape index (κ1) is 34.5. The Morgan fingerprint density at radius 3 is 2.31 bits per heavy atom. The van der Waals surface area contributed by atoms with Crippen LogP contribution in [0.4, 0.5) is 4.79 Å². The van der Waals surface area contributed by atoms with Gasteiger partial charge in [0.25, 0.3) is 0 Å². The molecular weight excluding hydrogens is 610 g/mol. The number of carbonyl (C=O) groups is 2. The van der Waals surface area contributed by atoms with Crippen LogP contribution in [0.5, 0.6) is 0 Å². The fourth-order valence-electron chi connectivity index (χ4n) is 11.5. The van der Waals surface area contributed by atoms with Crippen molar-refractivity contribution in [3.05, 3.63) is 82.4 Å². The Labute approximate surface area is 293 Å². The van der Waals surface area contributed by atoms with Crippen molar-refractivity contribution in [1.29, 1.82) is 0 Å². The van der Waals surface area contributed by atoms with Crippen molar-refractivity contribution in [2.45, 2.75) is 122 Å². The van der Waals surface area contributed by atoms with E-state index in [-0.39, 0.29) is 29.8 Å². The van der Waals surface area contributed by atoms with Crippen molar-refractivity contribution in [3.8, 4) is 0 Å². The number of benzene rings is 2. The number of nitrogens with zero attached hydrogens (tertiary/aromatic N) is 1. The van der Waals surface area contributed by atoms with Crippen molar-refractivity contribution in [2.24, 2.45) is 28.6 Å². The molecule has 0 aromatic heterocycles. The Morgan fingerprint density at radius 1 is 0.939 bits per heavy atom. The van der Waals surface area contributed by atoms with Crippen molar-refractivity contribution >= 4 is 11.9 Å². The van der Waals surface area contributed by atoms with Crippen LogP contribution in [0.25, 0.3) is 0 Å². The Kier molecular flexibility index (Phi) is 9.60. The number of fused-ring (bicyclic) bond motifs is 8. The average Bonchev–Trinajstić information content (AvgIpc) is 3.31. The van der Waals surface area contributed by atoms with Crippen LogP contribution in [0.3, 0.4) is 0 Å². The smallest absolute Gasteiger partial charge is 0.409 e. The maximum atomic E-state index is 14.3. The second-order valence-electron chi connectivity index (χ2n) is 17.1. The van der Waals surface area contributed by atoms with Gasteiger partial charge >= 0.3 is 6.09 Å². The Balaban J connectivity index is 1.27. The Morgan fingerprint density at radius 2 is 1.63 bits per heavy atom. The molecule has 6 heteroatoms. The fraction of sp³-hybridized carbons (Fsp3) is 0.628. The molecule has 264 valence electrons. The first-order valence-electron chi connectivity index (χ1n) is 19.2. The highest BCUT2D eigenvalue weighted by molar-refractivity contribution is 6.10. The summed E-state index contributed by atoms with van der Waals surface area (Å²) in [6.45, 7) is 7.43. The molecule has 0 heterocycles. The quantitative estimate of drug-likeness (QED) is 0.228. The second-order valence-corrected chi connectivity index (χ2v) is 17.1. The van der Waals surface area contributed by atoms with Crippen LogP contribution < -0.4 is 0 Å². The van der Waals surface area contributed by atoms with Crippen LogP contribution in [0, 0.1) is 28.6 Å². The molecule has 0 radical (unpaired) electrons. The third kappa shape index (κ3) is 6.77. The van der Waals surface area contributed by atoms with E-state index in [0.29, 0.717) is 43.5 Å². The van der Waals surface area contributed by atoms with Crippen LogP contribution in [0.2, 0.25) is 0 Å². The van der Waals surface area contributed by atoms with Gasteiger partial charge in [-0.05, 0) is 144 Å². The minimum absolute atomic E-state index is 0.0254. The van der Waals surface area contributed by atoms with E-state index in [1.54, 1.807) is 0 Å². The molecule has 6 nitrogen and oxygen atoms in total. The van der Waals surface area contributed by atoms with Crippen molar-refractivity contribution in [1.82, 2.24) is 4.90 Å². The molecule has 0 aliphatic heterocycles. The highest BCUT2D eigenvalue weighted by atomic mass is 16.6. The minimum atomic E-state index is -1.16. The predicted molar refractivity (Wildman–Crippen MR) is 192 cm³/mol. The number of aliphatic hydroxyl groups excluding tert-OH is 1. The SMILES string of the molecule is CCOC(=O)N(CC12CC3CC(CC(C3)C1)C2)C[C@]1(O)CC[C@H]2c3ccc(cc3C(=O)c3ccccc3)C[C@@H](O)CCC(C)=CCC[C@@]21C. The summed E-state index contributed by atoms with van der Waals surface area (Å²) in [5.41, 5.74) is 2.83. The van der Waals surface area contributed by atoms with E-state index in [1.165, 1.54) is 44.1 Å². The topological polar surface area (TPSA) is 87.1 Å². The van der Waals surface area contributed by atoms with E-state index in [2.05, 4.69) is 32.1 Å². The number of allylic oxidation sites excluding steroid dienone is 2. The van der Waals surface area contributed by atoms with Crippen LogP contribution in [0.1, 0.15) is 131 Å². The number of hydrogen-bond donors (Lipinski definition) is 2.